The molecule has 0 aromatic carbocycles. The van der Waals surface area contributed by atoms with E-state index in [2.05, 4.69) is 18.9 Å². The van der Waals surface area contributed by atoms with Gasteiger partial charge in [-0.05, 0) is 18.9 Å². The summed E-state index contributed by atoms with van der Waals surface area (Å²) in [6, 6.07) is 0. The van der Waals surface area contributed by atoms with Crippen molar-refractivity contribution in [2.75, 3.05) is 26.2 Å². The first kappa shape index (κ1) is 11.5. The third-order valence-corrected chi connectivity index (χ3v) is 2.37. The third-order valence-electron chi connectivity index (χ3n) is 2.37. The van der Waals surface area contributed by atoms with Gasteiger partial charge in [0.2, 0.25) is 5.91 Å². The topological polar surface area (TPSA) is 49.6 Å². The minimum absolute atomic E-state index is 0.260. The van der Waals surface area contributed by atoms with Crippen LogP contribution in [0.2, 0.25) is 0 Å². The molecule has 0 unspecified atom stereocenters. The summed E-state index contributed by atoms with van der Waals surface area (Å²) in [5.74, 6) is 0.785. The SMILES string of the molecule is CC(C)CN1C(=O)CCN1CCCN. The zero-order valence-electron chi connectivity index (χ0n) is 9.20. The molecule has 1 fully saturated rings. The van der Waals surface area contributed by atoms with Gasteiger partial charge >= 0.3 is 0 Å². The molecule has 1 rings (SSSR count). The monoisotopic (exact) mass is 199 g/mol. The molecule has 0 saturated carbocycles. The second-order valence-electron chi connectivity index (χ2n) is 4.22. The molecule has 1 heterocycles. The van der Waals surface area contributed by atoms with Crippen LogP contribution in [0.1, 0.15) is 26.7 Å². The van der Waals surface area contributed by atoms with Crippen molar-refractivity contribution >= 4 is 5.91 Å². The number of hydrogen-bond acceptors (Lipinski definition) is 3. The lowest BCUT2D eigenvalue weighted by Crippen LogP contribution is -2.42. The van der Waals surface area contributed by atoms with Gasteiger partial charge in [-0.3, -0.25) is 9.80 Å². The van der Waals surface area contributed by atoms with Gasteiger partial charge in [0, 0.05) is 26.1 Å². The minimum atomic E-state index is 0.260. The van der Waals surface area contributed by atoms with Crippen LogP contribution in [-0.4, -0.2) is 42.1 Å². The summed E-state index contributed by atoms with van der Waals surface area (Å²) in [4.78, 5) is 11.5. The molecular formula is C10H21N3O. The van der Waals surface area contributed by atoms with Gasteiger partial charge in [0.1, 0.15) is 0 Å². The second kappa shape index (κ2) is 5.32. The summed E-state index contributed by atoms with van der Waals surface area (Å²) in [6.45, 7) is 7.57. The van der Waals surface area contributed by atoms with Crippen molar-refractivity contribution in [1.29, 1.82) is 0 Å². The van der Waals surface area contributed by atoms with Gasteiger partial charge in [-0.25, -0.2) is 5.01 Å². The van der Waals surface area contributed by atoms with E-state index in [0.29, 0.717) is 18.9 Å². The van der Waals surface area contributed by atoms with Crippen LogP contribution in [0.5, 0.6) is 0 Å². The van der Waals surface area contributed by atoms with Crippen molar-refractivity contribution in [2.24, 2.45) is 11.7 Å². The quantitative estimate of drug-likeness (QED) is 0.699. The average Bonchev–Trinajstić information content (AvgIpc) is 2.45. The van der Waals surface area contributed by atoms with Gasteiger partial charge in [-0.2, -0.15) is 0 Å². The van der Waals surface area contributed by atoms with Gasteiger partial charge in [-0.15, -0.1) is 0 Å². The van der Waals surface area contributed by atoms with Crippen molar-refractivity contribution < 1.29 is 4.79 Å². The highest BCUT2D eigenvalue weighted by molar-refractivity contribution is 5.77. The first-order chi connectivity index (χ1) is 6.65. The summed E-state index contributed by atoms with van der Waals surface area (Å²) in [5.41, 5.74) is 5.46. The predicted molar refractivity (Wildman–Crippen MR) is 56.4 cm³/mol. The van der Waals surface area contributed by atoms with E-state index in [4.69, 9.17) is 5.73 Å². The van der Waals surface area contributed by atoms with Crippen LogP contribution in [-0.2, 0) is 4.79 Å². The zero-order valence-corrected chi connectivity index (χ0v) is 9.20. The summed E-state index contributed by atoms with van der Waals surface area (Å²) in [5, 5.41) is 4.02. The Morgan fingerprint density at radius 2 is 2.21 bits per heavy atom. The highest BCUT2D eigenvalue weighted by Gasteiger charge is 2.28. The van der Waals surface area contributed by atoms with E-state index in [1.54, 1.807) is 0 Å². The maximum atomic E-state index is 11.5. The van der Waals surface area contributed by atoms with Crippen LogP contribution in [0.15, 0.2) is 0 Å². The predicted octanol–water partition coefficient (Wildman–Crippen LogP) is 0.441. The zero-order chi connectivity index (χ0) is 10.6. The van der Waals surface area contributed by atoms with Crippen LogP contribution in [0, 0.1) is 5.92 Å². The number of nitrogens with two attached hydrogens (primary N) is 1. The van der Waals surface area contributed by atoms with Crippen molar-refractivity contribution in [1.82, 2.24) is 10.0 Å². The molecule has 0 aliphatic carbocycles. The fourth-order valence-corrected chi connectivity index (χ4v) is 1.70. The highest BCUT2D eigenvalue weighted by Crippen LogP contribution is 2.14. The Morgan fingerprint density at radius 1 is 1.50 bits per heavy atom. The molecule has 1 amide bonds. The summed E-state index contributed by atoms with van der Waals surface area (Å²) in [6.07, 6.45) is 1.62. The first-order valence-corrected chi connectivity index (χ1v) is 5.40. The van der Waals surface area contributed by atoms with Gasteiger partial charge in [0.15, 0.2) is 0 Å². The summed E-state index contributed by atoms with van der Waals surface area (Å²) >= 11 is 0. The van der Waals surface area contributed by atoms with Gasteiger partial charge < -0.3 is 5.73 Å². The van der Waals surface area contributed by atoms with Crippen LogP contribution < -0.4 is 5.73 Å². The Kier molecular flexibility index (Phi) is 4.35. The third kappa shape index (κ3) is 2.96. The molecule has 4 heteroatoms. The molecule has 0 aromatic rings. The molecule has 14 heavy (non-hydrogen) atoms. The van der Waals surface area contributed by atoms with Crippen LogP contribution in [0.25, 0.3) is 0 Å². The molecule has 1 saturated heterocycles. The molecule has 0 radical (unpaired) electrons. The molecule has 0 aromatic heterocycles. The number of carbonyl (C=O) groups excluding carboxylic acids is 1. The van der Waals surface area contributed by atoms with E-state index in [0.717, 1.165) is 26.1 Å². The van der Waals surface area contributed by atoms with Gasteiger partial charge in [0.25, 0.3) is 0 Å². The number of carbonyl (C=O) groups is 1. The Balaban J connectivity index is 2.44. The Hall–Kier alpha value is -0.610. The summed E-state index contributed by atoms with van der Waals surface area (Å²) < 4.78 is 0. The van der Waals surface area contributed by atoms with Crippen molar-refractivity contribution in [2.45, 2.75) is 26.7 Å². The molecule has 1 aliphatic heterocycles. The van der Waals surface area contributed by atoms with E-state index in [1.165, 1.54) is 0 Å². The smallest absolute Gasteiger partial charge is 0.238 e. The normalized spacial score (nSPS) is 18.6. The maximum Gasteiger partial charge on any atom is 0.238 e. The van der Waals surface area contributed by atoms with Crippen molar-refractivity contribution in [3.8, 4) is 0 Å². The Morgan fingerprint density at radius 3 is 2.79 bits per heavy atom. The van der Waals surface area contributed by atoms with Crippen molar-refractivity contribution in [3.63, 3.8) is 0 Å². The van der Waals surface area contributed by atoms with E-state index < -0.39 is 0 Å². The average molecular weight is 199 g/mol. The lowest BCUT2D eigenvalue weighted by Gasteiger charge is -2.29. The van der Waals surface area contributed by atoms with Crippen LogP contribution in [0.4, 0.5) is 0 Å². The Labute approximate surface area is 86.0 Å². The molecule has 0 atom stereocenters. The summed E-state index contributed by atoms with van der Waals surface area (Å²) in [7, 11) is 0. The molecule has 2 N–H and O–H groups in total. The lowest BCUT2D eigenvalue weighted by atomic mass is 10.2. The fourth-order valence-electron chi connectivity index (χ4n) is 1.70. The number of hydrogen-bond donors (Lipinski definition) is 1. The highest BCUT2D eigenvalue weighted by atomic mass is 16.2. The van der Waals surface area contributed by atoms with Gasteiger partial charge in [-0.1, -0.05) is 13.8 Å². The van der Waals surface area contributed by atoms with Crippen molar-refractivity contribution in [3.05, 3.63) is 0 Å². The molecule has 4 nitrogen and oxygen atoms in total. The van der Waals surface area contributed by atoms with E-state index in [1.807, 2.05) is 5.01 Å². The molecule has 1 aliphatic rings. The Bertz CT molecular complexity index is 194. The van der Waals surface area contributed by atoms with Gasteiger partial charge in [0.05, 0.1) is 0 Å². The first-order valence-electron chi connectivity index (χ1n) is 5.40. The van der Waals surface area contributed by atoms with Crippen LogP contribution >= 0.6 is 0 Å². The lowest BCUT2D eigenvalue weighted by molar-refractivity contribution is -0.138. The molecular weight excluding hydrogens is 178 g/mol. The molecule has 82 valence electrons. The van der Waals surface area contributed by atoms with E-state index in [9.17, 15) is 4.79 Å². The minimum Gasteiger partial charge on any atom is -0.330 e. The second-order valence-corrected chi connectivity index (χ2v) is 4.22. The van der Waals surface area contributed by atoms with E-state index in [-0.39, 0.29) is 5.91 Å². The number of nitrogens with zero attached hydrogens (tertiary/aromatic N) is 2. The molecule has 0 bridgehead atoms. The van der Waals surface area contributed by atoms with E-state index >= 15 is 0 Å². The number of amides is 1. The largest absolute Gasteiger partial charge is 0.330 e. The number of hydrazine groups is 1. The van der Waals surface area contributed by atoms with Crippen LogP contribution in [0.3, 0.4) is 0 Å². The standard InChI is InChI=1S/C10H21N3O/c1-9(2)8-13-10(14)4-7-12(13)6-3-5-11/h9H,3-8,11H2,1-2H3. The molecule has 0 spiro atoms. The fraction of sp³-hybridized carbons (Fsp3) is 0.900. The maximum absolute atomic E-state index is 11.5. The number of rotatable bonds is 5.